The second kappa shape index (κ2) is 6.66. The van der Waals surface area contributed by atoms with E-state index < -0.39 is 0 Å². The largest absolute Gasteiger partial charge is 0.339 e. The molecule has 1 saturated heterocycles. The maximum Gasteiger partial charge on any atom is 0.246 e. The summed E-state index contributed by atoms with van der Waals surface area (Å²) in [5.74, 6) is 0.188. The van der Waals surface area contributed by atoms with Crippen molar-refractivity contribution >= 4 is 11.5 Å². The van der Waals surface area contributed by atoms with E-state index in [2.05, 4.69) is 0 Å². The van der Waals surface area contributed by atoms with E-state index in [1.165, 1.54) is 12.1 Å². The van der Waals surface area contributed by atoms with Gasteiger partial charge in [0.05, 0.1) is 0 Å². The molecular weight excluding hydrogens is 255 g/mol. The van der Waals surface area contributed by atoms with Crippen LogP contribution in [-0.4, -0.2) is 30.4 Å². The van der Waals surface area contributed by atoms with E-state index in [1.807, 2.05) is 4.90 Å². The minimum Gasteiger partial charge on any atom is -0.339 e. The average molecular weight is 276 g/mol. The van der Waals surface area contributed by atoms with Crippen molar-refractivity contribution in [3.05, 3.63) is 41.7 Å². The molecule has 108 valence electrons. The van der Waals surface area contributed by atoms with Gasteiger partial charge < -0.3 is 10.6 Å². The topological polar surface area (TPSA) is 46.3 Å². The number of nitrogens with zero attached hydrogens (tertiary/aromatic N) is 1. The number of halogens is 1. The lowest BCUT2D eigenvalue weighted by molar-refractivity contribution is -0.127. The number of carbonyl (C=O) groups is 1. The first kappa shape index (κ1) is 14.7. The average Bonchev–Trinajstić information content (AvgIpc) is 2.47. The Balaban J connectivity index is 2.04. The Bertz CT molecular complexity index is 505. The first-order valence-electron chi connectivity index (χ1n) is 7.04. The van der Waals surface area contributed by atoms with Gasteiger partial charge in [0.15, 0.2) is 0 Å². The molecule has 1 aliphatic heterocycles. The smallest absolute Gasteiger partial charge is 0.246 e. The number of amides is 1. The van der Waals surface area contributed by atoms with E-state index in [9.17, 15) is 9.18 Å². The van der Waals surface area contributed by atoms with Crippen molar-refractivity contribution in [2.24, 2.45) is 11.7 Å². The minimum atomic E-state index is -0.295. The SMILES string of the molecule is CC(=CC(=O)N1CCC(CN)CC1)c1ccccc1F. The summed E-state index contributed by atoms with van der Waals surface area (Å²) in [4.78, 5) is 14.0. The lowest BCUT2D eigenvalue weighted by atomic mass is 9.97. The molecule has 20 heavy (non-hydrogen) atoms. The number of benzene rings is 1. The van der Waals surface area contributed by atoms with Gasteiger partial charge in [-0.25, -0.2) is 4.39 Å². The highest BCUT2D eigenvalue weighted by molar-refractivity contribution is 5.94. The fourth-order valence-corrected chi connectivity index (χ4v) is 2.52. The molecule has 0 aliphatic carbocycles. The van der Waals surface area contributed by atoms with Crippen molar-refractivity contribution < 1.29 is 9.18 Å². The summed E-state index contributed by atoms with van der Waals surface area (Å²) in [6, 6.07) is 6.51. The zero-order valence-electron chi connectivity index (χ0n) is 11.8. The molecule has 2 N–H and O–H groups in total. The van der Waals surface area contributed by atoms with Crippen molar-refractivity contribution in [2.45, 2.75) is 19.8 Å². The van der Waals surface area contributed by atoms with Crippen LogP contribution in [0.1, 0.15) is 25.3 Å². The fraction of sp³-hybridized carbons (Fsp3) is 0.438. The number of piperidine rings is 1. The van der Waals surface area contributed by atoms with Gasteiger partial charge in [0, 0.05) is 24.7 Å². The molecule has 4 heteroatoms. The van der Waals surface area contributed by atoms with Gasteiger partial charge in [0.2, 0.25) is 5.91 Å². The van der Waals surface area contributed by atoms with Crippen LogP contribution < -0.4 is 5.73 Å². The van der Waals surface area contributed by atoms with Crippen LogP contribution in [0, 0.1) is 11.7 Å². The van der Waals surface area contributed by atoms with E-state index in [-0.39, 0.29) is 11.7 Å². The van der Waals surface area contributed by atoms with Gasteiger partial charge in [-0.3, -0.25) is 4.79 Å². The number of hydrogen-bond acceptors (Lipinski definition) is 2. The summed E-state index contributed by atoms with van der Waals surface area (Å²) < 4.78 is 13.7. The third-order valence-corrected chi connectivity index (χ3v) is 3.90. The lowest BCUT2D eigenvalue weighted by Gasteiger charge is -2.30. The third-order valence-electron chi connectivity index (χ3n) is 3.90. The van der Waals surface area contributed by atoms with Crippen LogP contribution in [0.4, 0.5) is 4.39 Å². The molecule has 1 amide bonds. The maximum atomic E-state index is 13.7. The quantitative estimate of drug-likeness (QED) is 0.862. The second-order valence-electron chi connectivity index (χ2n) is 5.31. The van der Waals surface area contributed by atoms with Crippen LogP contribution in [0.3, 0.4) is 0 Å². The molecule has 1 aromatic carbocycles. The van der Waals surface area contributed by atoms with Crippen LogP contribution >= 0.6 is 0 Å². The number of allylic oxidation sites excluding steroid dienone is 1. The highest BCUT2D eigenvalue weighted by Crippen LogP contribution is 2.20. The van der Waals surface area contributed by atoms with Crippen LogP contribution in [0.5, 0.6) is 0 Å². The Morgan fingerprint density at radius 3 is 2.65 bits per heavy atom. The zero-order valence-corrected chi connectivity index (χ0v) is 11.8. The van der Waals surface area contributed by atoms with Crippen molar-refractivity contribution in [3.8, 4) is 0 Å². The molecule has 0 aromatic heterocycles. The van der Waals surface area contributed by atoms with Crippen LogP contribution in [-0.2, 0) is 4.79 Å². The Hall–Kier alpha value is -1.68. The lowest BCUT2D eigenvalue weighted by Crippen LogP contribution is -2.39. The summed E-state index contributed by atoms with van der Waals surface area (Å²) in [5, 5.41) is 0. The van der Waals surface area contributed by atoms with Gasteiger partial charge in [-0.15, -0.1) is 0 Å². The van der Waals surface area contributed by atoms with Crippen LogP contribution in [0.15, 0.2) is 30.3 Å². The molecule has 1 aliphatic rings. The van der Waals surface area contributed by atoms with E-state index in [4.69, 9.17) is 5.73 Å². The highest BCUT2D eigenvalue weighted by Gasteiger charge is 2.20. The highest BCUT2D eigenvalue weighted by atomic mass is 19.1. The predicted octanol–water partition coefficient (Wildman–Crippen LogP) is 2.43. The standard InChI is InChI=1S/C16H21FN2O/c1-12(14-4-2-3-5-15(14)17)10-16(20)19-8-6-13(11-18)7-9-19/h2-5,10,13H,6-9,11,18H2,1H3. The van der Waals surface area contributed by atoms with Crippen LogP contribution in [0.2, 0.25) is 0 Å². The van der Waals surface area contributed by atoms with E-state index in [0.29, 0.717) is 23.6 Å². The molecule has 1 heterocycles. The molecule has 1 fully saturated rings. The Morgan fingerprint density at radius 1 is 1.40 bits per heavy atom. The third kappa shape index (κ3) is 3.45. The predicted molar refractivity (Wildman–Crippen MR) is 78.4 cm³/mol. The molecule has 0 unspecified atom stereocenters. The maximum absolute atomic E-state index is 13.7. The van der Waals surface area contributed by atoms with E-state index in [1.54, 1.807) is 25.1 Å². The summed E-state index contributed by atoms with van der Waals surface area (Å²) in [7, 11) is 0. The molecule has 0 saturated carbocycles. The van der Waals surface area contributed by atoms with Crippen molar-refractivity contribution in [1.29, 1.82) is 0 Å². The molecule has 3 nitrogen and oxygen atoms in total. The number of nitrogens with two attached hydrogens (primary N) is 1. The summed E-state index contributed by atoms with van der Waals surface area (Å²) in [6.45, 7) is 3.93. The normalized spacial score (nSPS) is 17.4. The molecule has 0 atom stereocenters. The Morgan fingerprint density at radius 2 is 2.05 bits per heavy atom. The zero-order chi connectivity index (χ0) is 14.5. The van der Waals surface area contributed by atoms with Crippen LogP contribution in [0.25, 0.3) is 5.57 Å². The Kier molecular flexibility index (Phi) is 4.90. The first-order chi connectivity index (χ1) is 9.61. The summed E-state index contributed by atoms with van der Waals surface area (Å²) in [6.07, 6.45) is 3.44. The van der Waals surface area contributed by atoms with Gasteiger partial charge in [0.25, 0.3) is 0 Å². The van der Waals surface area contributed by atoms with Gasteiger partial charge in [-0.2, -0.15) is 0 Å². The van der Waals surface area contributed by atoms with Gasteiger partial charge in [-0.1, -0.05) is 18.2 Å². The van der Waals surface area contributed by atoms with E-state index in [0.717, 1.165) is 25.9 Å². The molecule has 0 bridgehead atoms. The van der Waals surface area contributed by atoms with Crippen molar-refractivity contribution in [2.75, 3.05) is 19.6 Å². The molecule has 0 radical (unpaired) electrons. The summed E-state index contributed by atoms with van der Waals surface area (Å²) >= 11 is 0. The van der Waals surface area contributed by atoms with Gasteiger partial charge in [-0.05, 0) is 43.9 Å². The monoisotopic (exact) mass is 276 g/mol. The number of carbonyl (C=O) groups excluding carboxylic acids is 1. The fourth-order valence-electron chi connectivity index (χ4n) is 2.52. The number of rotatable bonds is 3. The number of hydrogen-bond donors (Lipinski definition) is 1. The van der Waals surface area contributed by atoms with Gasteiger partial charge >= 0.3 is 0 Å². The first-order valence-corrected chi connectivity index (χ1v) is 7.04. The van der Waals surface area contributed by atoms with Gasteiger partial charge in [0.1, 0.15) is 5.82 Å². The molecule has 1 aromatic rings. The summed E-state index contributed by atoms with van der Waals surface area (Å²) in [5.41, 5.74) is 6.79. The van der Waals surface area contributed by atoms with Crippen molar-refractivity contribution in [3.63, 3.8) is 0 Å². The van der Waals surface area contributed by atoms with E-state index >= 15 is 0 Å². The molecule has 2 rings (SSSR count). The number of likely N-dealkylation sites (tertiary alicyclic amines) is 1. The minimum absolute atomic E-state index is 0.0405. The van der Waals surface area contributed by atoms with Crippen molar-refractivity contribution in [1.82, 2.24) is 4.90 Å². The second-order valence-corrected chi connectivity index (χ2v) is 5.31. The molecule has 0 spiro atoms. The Labute approximate surface area is 119 Å². The molecular formula is C16H21FN2O.